The van der Waals surface area contributed by atoms with Gasteiger partial charge in [-0.25, -0.2) is 8.42 Å². The third-order valence-corrected chi connectivity index (χ3v) is 5.57. The fourth-order valence-electron chi connectivity index (χ4n) is 1.79. The number of nitrogen functional groups attached to an aromatic ring is 1. The second kappa shape index (κ2) is 5.41. The van der Waals surface area contributed by atoms with E-state index in [9.17, 15) is 8.42 Å². The molecule has 2 aromatic rings. The maximum atomic E-state index is 12.7. The number of rotatable bonds is 3. The first-order chi connectivity index (χ1) is 9.34. The van der Waals surface area contributed by atoms with Gasteiger partial charge in [0.2, 0.25) is 0 Å². The first-order valence-electron chi connectivity index (χ1n) is 5.78. The summed E-state index contributed by atoms with van der Waals surface area (Å²) < 4.78 is 27.2. The highest BCUT2D eigenvalue weighted by atomic mass is 79.9. The van der Waals surface area contributed by atoms with E-state index < -0.39 is 10.0 Å². The summed E-state index contributed by atoms with van der Waals surface area (Å²) in [7, 11) is -2.15. The average Bonchev–Trinajstić information content (AvgIpc) is 2.42. The highest BCUT2D eigenvalue weighted by molar-refractivity contribution is 9.10. The summed E-state index contributed by atoms with van der Waals surface area (Å²) in [6, 6.07) is 6.43. The van der Waals surface area contributed by atoms with E-state index in [0.29, 0.717) is 21.4 Å². The van der Waals surface area contributed by atoms with Gasteiger partial charge in [-0.15, -0.1) is 0 Å². The number of halogens is 1. The summed E-state index contributed by atoms with van der Waals surface area (Å²) >= 11 is 3.29. The lowest BCUT2D eigenvalue weighted by atomic mass is 10.2. The highest BCUT2D eigenvalue weighted by Crippen LogP contribution is 2.29. The Labute approximate surface area is 126 Å². The predicted molar refractivity (Wildman–Crippen MR) is 83.1 cm³/mol. The lowest BCUT2D eigenvalue weighted by molar-refractivity contribution is 0.594. The monoisotopic (exact) mass is 355 g/mol. The number of anilines is 2. The Bertz CT molecular complexity index is 733. The van der Waals surface area contributed by atoms with Crippen LogP contribution >= 0.6 is 15.9 Å². The fraction of sp³-hybridized carbons (Fsp3) is 0.154. The zero-order valence-corrected chi connectivity index (χ0v) is 13.4. The largest absolute Gasteiger partial charge is 0.398 e. The van der Waals surface area contributed by atoms with Gasteiger partial charge in [-0.2, -0.15) is 0 Å². The van der Waals surface area contributed by atoms with Crippen molar-refractivity contribution in [2.24, 2.45) is 0 Å². The zero-order chi connectivity index (χ0) is 14.9. The number of aromatic nitrogens is 1. The second-order valence-corrected chi connectivity index (χ2v) is 7.11. The molecule has 0 fully saturated rings. The maximum Gasteiger partial charge on any atom is 0.264 e. The van der Waals surface area contributed by atoms with Crippen LogP contribution in [0.5, 0.6) is 0 Å². The molecule has 0 amide bonds. The van der Waals surface area contributed by atoms with Crippen LogP contribution in [0.4, 0.5) is 11.4 Å². The standard InChI is InChI=1S/C13H14BrN3O2S/c1-9-7-11(14)12(15)8-13(9)20(18,19)17(2)10-3-5-16-6-4-10/h3-8H,15H2,1-2H3. The number of nitrogens with zero attached hydrogens (tertiary/aromatic N) is 2. The molecule has 2 N–H and O–H groups in total. The van der Waals surface area contributed by atoms with Gasteiger partial charge in [-0.05, 0) is 52.7 Å². The number of hydrogen-bond donors (Lipinski definition) is 1. The van der Waals surface area contributed by atoms with Crippen molar-refractivity contribution in [3.63, 3.8) is 0 Å². The third-order valence-electron chi connectivity index (χ3n) is 2.96. The number of aryl methyl sites for hydroxylation is 1. The van der Waals surface area contributed by atoms with E-state index >= 15 is 0 Å². The van der Waals surface area contributed by atoms with E-state index in [1.807, 2.05) is 0 Å². The van der Waals surface area contributed by atoms with Gasteiger partial charge < -0.3 is 5.73 Å². The third kappa shape index (κ3) is 2.64. The van der Waals surface area contributed by atoms with Crippen molar-refractivity contribution in [1.29, 1.82) is 0 Å². The van der Waals surface area contributed by atoms with E-state index in [1.54, 1.807) is 37.5 Å². The van der Waals surface area contributed by atoms with Gasteiger partial charge >= 0.3 is 0 Å². The molecule has 5 nitrogen and oxygen atoms in total. The fourth-order valence-corrected chi connectivity index (χ4v) is 3.68. The predicted octanol–water partition coefficient (Wildman–Crippen LogP) is 2.56. The summed E-state index contributed by atoms with van der Waals surface area (Å²) in [5.74, 6) is 0. The summed E-state index contributed by atoms with van der Waals surface area (Å²) in [5.41, 5.74) is 7.35. The van der Waals surface area contributed by atoms with Crippen LogP contribution in [0.2, 0.25) is 0 Å². The number of nitrogens with two attached hydrogens (primary N) is 1. The van der Waals surface area contributed by atoms with E-state index in [-0.39, 0.29) is 4.90 Å². The van der Waals surface area contributed by atoms with E-state index in [1.165, 1.54) is 17.4 Å². The molecule has 0 saturated heterocycles. The van der Waals surface area contributed by atoms with Crippen LogP contribution in [-0.2, 0) is 10.0 Å². The molecule has 0 saturated carbocycles. The number of sulfonamides is 1. The Morgan fingerprint density at radius 2 is 1.85 bits per heavy atom. The minimum Gasteiger partial charge on any atom is -0.398 e. The van der Waals surface area contributed by atoms with Crippen LogP contribution < -0.4 is 10.0 Å². The molecule has 0 aliphatic heterocycles. The van der Waals surface area contributed by atoms with Crippen LogP contribution in [0.1, 0.15) is 5.56 Å². The van der Waals surface area contributed by atoms with Crippen LogP contribution in [-0.4, -0.2) is 20.4 Å². The molecule has 0 aliphatic rings. The minimum absolute atomic E-state index is 0.192. The van der Waals surface area contributed by atoms with Crippen molar-refractivity contribution < 1.29 is 8.42 Å². The van der Waals surface area contributed by atoms with E-state index in [4.69, 9.17) is 5.73 Å². The van der Waals surface area contributed by atoms with Crippen LogP contribution in [0.3, 0.4) is 0 Å². The summed E-state index contributed by atoms with van der Waals surface area (Å²) in [6.07, 6.45) is 3.09. The molecule has 1 heterocycles. The molecule has 1 aromatic heterocycles. The molecule has 106 valence electrons. The maximum absolute atomic E-state index is 12.7. The van der Waals surface area contributed by atoms with Gasteiger partial charge in [0.05, 0.1) is 10.6 Å². The first kappa shape index (κ1) is 14.8. The summed E-state index contributed by atoms with van der Waals surface area (Å²) in [5, 5.41) is 0. The van der Waals surface area contributed by atoms with E-state index in [0.717, 1.165) is 0 Å². The Morgan fingerprint density at radius 3 is 2.45 bits per heavy atom. The topological polar surface area (TPSA) is 76.3 Å². The van der Waals surface area contributed by atoms with E-state index in [2.05, 4.69) is 20.9 Å². The van der Waals surface area contributed by atoms with Crippen LogP contribution in [0.15, 0.2) is 46.0 Å². The molecule has 0 bridgehead atoms. The first-order valence-corrected chi connectivity index (χ1v) is 8.02. The van der Waals surface area contributed by atoms with Gasteiger partial charge in [-0.3, -0.25) is 9.29 Å². The average molecular weight is 356 g/mol. The van der Waals surface area contributed by atoms with Crippen molar-refractivity contribution in [2.75, 3.05) is 17.1 Å². The molecule has 7 heteroatoms. The molecule has 2 rings (SSSR count). The van der Waals surface area contributed by atoms with Crippen molar-refractivity contribution in [3.05, 3.63) is 46.7 Å². The molecule has 0 radical (unpaired) electrons. The SMILES string of the molecule is Cc1cc(Br)c(N)cc1S(=O)(=O)N(C)c1ccncc1. The van der Waals surface area contributed by atoms with Gasteiger partial charge in [0.15, 0.2) is 0 Å². The molecule has 0 aliphatic carbocycles. The summed E-state index contributed by atoms with van der Waals surface area (Å²) in [4.78, 5) is 4.07. The second-order valence-electron chi connectivity index (χ2n) is 4.32. The minimum atomic E-state index is -3.66. The van der Waals surface area contributed by atoms with Crippen molar-refractivity contribution in [3.8, 4) is 0 Å². The molecule has 1 aromatic carbocycles. The van der Waals surface area contributed by atoms with Gasteiger partial charge in [-0.1, -0.05) is 0 Å². The Kier molecular flexibility index (Phi) is 4.01. The van der Waals surface area contributed by atoms with Crippen LogP contribution in [0.25, 0.3) is 0 Å². The lowest BCUT2D eigenvalue weighted by Crippen LogP contribution is -2.27. The van der Waals surface area contributed by atoms with Crippen molar-refractivity contribution >= 4 is 37.3 Å². The quantitative estimate of drug-likeness (QED) is 0.858. The summed E-state index contributed by atoms with van der Waals surface area (Å²) in [6.45, 7) is 1.73. The van der Waals surface area contributed by atoms with Gasteiger partial charge in [0.1, 0.15) is 0 Å². The van der Waals surface area contributed by atoms with Crippen molar-refractivity contribution in [2.45, 2.75) is 11.8 Å². The smallest absolute Gasteiger partial charge is 0.264 e. The van der Waals surface area contributed by atoms with Gasteiger partial charge in [0.25, 0.3) is 10.0 Å². The Morgan fingerprint density at radius 1 is 1.25 bits per heavy atom. The van der Waals surface area contributed by atoms with Crippen LogP contribution in [0, 0.1) is 6.92 Å². The zero-order valence-electron chi connectivity index (χ0n) is 11.0. The Hall–Kier alpha value is -1.60. The molecule has 0 unspecified atom stereocenters. The normalized spacial score (nSPS) is 11.3. The number of pyridine rings is 1. The lowest BCUT2D eigenvalue weighted by Gasteiger charge is -2.21. The molecule has 0 atom stereocenters. The number of hydrogen-bond acceptors (Lipinski definition) is 4. The van der Waals surface area contributed by atoms with Gasteiger partial charge in [0, 0.05) is 29.6 Å². The molecule has 0 spiro atoms. The highest BCUT2D eigenvalue weighted by Gasteiger charge is 2.24. The van der Waals surface area contributed by atoms with Crippen molar-refractivity contribution in [1.82, 2.24) is 4.98 Å². The molecule has 20 heavy (non-hydrogen) atoms. The molecular weight excluding hydrogens is 342 g/mol. The Balaban J connectivity index is 2.54. The number of benzene rings is 1. The molecular formula is C13H14BrN3O2S.